The van der Waals surface area contributed by atoms with E-state index in [0.717, 1.165) is 15.6 Å². The van der Waals surface area contributed by atoms with Crippen LogP contribution in [0, 0.1) is 27.7 Å². The summed E-state index contributed by atoms with van der Waals surface area (Å²) in [5.74, 6) is 0. The van der Waals surface area contributed by atoms with Crippen LogP contribution in [0.4, 0.5) is 0 Å². The number of fused-ring (bicyclic) bond motifs is 4. The SMILES string of the molecule is Cc1c(C)c(-c2nnc(-c3ccccc3)s2)c(C)c(C)c1-c1ccc2c(c1)C1(CCCCC1)c1ccccc1S2. The Balaban J connectivity index is 1.36. The number of aromatic nitrogens is 2. The second-order valence-corrected chi connectivity index (χ2v) is 13.5. The highest BCUT2D eigenvalue weighted by atomic mass is 32.2. The number of hydrogen-bond acceptors (Lipinski definition) is 4. The van der Waals surface area contributed by atoms with E-state index < -0.39 is 0 Å². The molecule has 4 heteroatoms. The second kappa shape index (κ2) is 10.0. The molecule has 0 amide bonds. The van der Waals surface area contributed by atoms with Crippen LogP contribution in [0.2, 0.25) is 0 Å². The first-order chi connectivity index (χ1) is 19.5. The van der Waals surface area contributed by atoms with E-state index in [1.54, 1.807) is 22.5 Å². The Morgan fingerprint density at radius 1 is 0.575 bits per heavy atom. The van der Waals surface area contributed by atoms with Gasteiger partial charge < -0.3 is 0 Å². The molecule has 0 atom stereocenters. The molecule has 1 aromatic heterocycles. The van der Waals surface area contributed by atoms with Crippen molar-refractivity contribution < 1.29 is 0 Å². The third-order valence-electron chi connectivity index (χ3n) is 9.40. The Morgan fingerprint density at radius 2 is 1.20 bits per heavy atom. The fourth-order valence-corrected chi connectivity index (χ4v) is 9.41. The van der Waals surface area contributed by atoms with Crippen molar-refractivity contribution in [2.75, 3.05) is 0 Å². The number of rotatable bonds is 3. The Labute approximate surface area is 245 Å². The summed E-state index contributed by atoms with van der Waals surface area (Å²) in [4.78, 5) is 2.88. The maximum Gasteiger partial charge on any atom is 0.148 e. The summed E-state index contributed by atoms with van der Waals surface area (Å²) in [5.41, 5.74) is 13.6. The lowest BCUT2D eigenvalue weighted by Crippen LogP contribution is -2.33. The second-order valence-electron chi connectivity index (χ2n) is 11.5. The van der Waals surface area contributed by atoms with Gasteiger partial charge in [-0.2, -0.15) is 0 Å². The molecule has 1 saturated carbocycles. The molecule has 0 radical (unpaired) electrons. The lowest BCUT2D eigenvalue weighted by atomic mass is 9.64. The molecule has 1 aliphatic heterocycles. The minimum Gasteiger partial charge on any atom is -0.138 e. The van der Waals surface area contributed by atoms with E-state index in [1.807, 2.05) is 17.8 Å². The first kappa shape index (κ1) is 25.7. The van der Waals surface area contributed by atoms with Crippen LogP contribution in [0.15, 0.2) is 82.6 Å². The molecule has 0 bridgehead atoms. The molecule has 4 aromatic carbocycles. The molecule has 2 heterocycles. The molecule has 0 N–H and O–H groups in total. The summed E-state index contributed by atoms with van der Waals surface area (Å²) in [6, 6.07) is 26.8. The van der Waals surface area contributed by atoms with Crippen LogP contribution < -0.4 is 0 Å². The number of hydrogen-bond donors (Lipinski definition) is 0. The maximum absolute atomic E-state index is 4.67. The number of nitrogens with zero attached hydrogens (tertiary/aromatic N) is 2. The van der Waals surface area contributed by atoms with Gasteiger partial charge in [-0.3, -0.25) is 0 Å². The molecule has 40 heavy (non-hydrogen) atoms. The third kappa shape index (κ3) is 3.99. The van der Waals surface area contributed by atoms with Gasteiger partial charge in [0.2, 0.25) is 0 Å². The van der Waals surface area contributed by atoms with Gasteiger partial charge in [-0.05, 0) is 103 Å². The lowest BCUT2D eigenvalue weighted by molar-refractivity contribution is 0.335. The minimum atomic E-state index is 0.137. The molecule has 200 valence electrons. The van der Waals surface area contributed by atoms with Crippen molar-refractivity contribution in [3.05, 3.63) is 106 Å². The largest absolute Gasteiger partial charge is 0.148 e. The predicted molar refractivity (Wildman–Crippen MR) is 170 cm³/mol. The highest BCUT2D eigenvalue weighted by Crippen LogP contribution is 2.56. The standard InChI is InChI=1S/C36H34N2S2/c1-22-24(3)33(35-38-37-34(40-35)26-13-7-5-8-14-26)25(4)23(2)32(22)27-17-18-31-29(21-27)36(19-11-6-12-20-36)28-15-9-10-16-30(28)39-31/h5,7-10,13-18,21H,6,11-12,19-20H2,1-4H3. The monoisotopic (exact) mass is 558 g/mol. The van der Waals surface area contributed by atoms with Crippen LogP contribution in [-0.2, 0) is 5.41 Å². The van der Waals surface area contributed by atoms with Gasteiger partial charge in [0, 0.05) is 26.3 Å². The van der Waals surface area contributed by atoms with Gasteiger partial charge >= 0.3 is 0 Å². The van der Waals surface area contributed by atoms with Crippen molar-refractivity contribution in [1.29, 1.82) is 0 Å². The van der Waals surface area contributed by atoms with Crippen molar-refractivity contribution in [2.45, 2.75) is 75.0 Å². The summed E-state index contributed by atoms with van der Waals surface area (Å²) >= 11 is 3.64. The average molecular weight is 559 g/mol. The quantitative estimate of drug-likeness (QED) is 0.220. The van der Waals surface area contributed by atoms with E-state index in [-0.39, 0.29) is 5.41 Å². The van der Waals surface area contributed by atoms with E-state index >= 15 is 0 Å². The highest BCUT2D eigenvalue weighted by molar-refractivity contribution is 7.99. The molecule has 2 aliphatic rings. The molecule has 0 unspecified atom stereocenters. The zero-order valence-corrected chi connectivity index (χ0v) is 25.3. The Morgan fingerprint density at radius 3 is 1.95 bits per heavy atom. The van der Waals surface area contributed by atoms with Gasteiger partial charge in [0.05, 0.1) is 0 Å². The van der Waals surface area contributed by atoms with Gasteiger partial charge in [-0.1, -0.05) is 97.0 Å². The van der Waals surface area contributed by atoms with Gasteiger partial charge in [0.1, 0.15) is 10.0 Å². The first-order valence-electron chi connectivity index (χ1n) is 14.4. The normalized spacial score (nSPS) is 15.6. The lowest BCUT2D eigenvalue weighted by Gasteiger charge is -2.43. The summed E-state index contributed by atoms with van der Waals surface area (Å²) in [7, 11) is 0. The molecular formula is C36H34N2S2. The van der Waals surface area contributed by atoms with E-state index in [2.05, 4.69) is 105 Å². The molecule has 2 nitrogen and oxygen atoms in total. The fourth-order valence-electron chi connectivity index (χ4n) is 7.14. The predicted octanol–water partition coefficient (Wildman–Crippen LogP) is 10.5. The van der Waals surface area contributed by atoms with Crippen LogP contribution in [0.25, 0.3) is 32.3 Å². The van der Waals surface area contributed by atoms with Crippen molar-refractivity contribution in [2.24, 2.45) is 0 Å². The van der Waals surface area contributed by atoms with Crippen molar-refractivity contribution >= 4 is 23.1 Å². The highest BCUT2D eigenvalue weighted by Gasteiger charge is 2.42. The van der Waals surface area contributed by atoms with Crippen LogP contribution in [-0.4, -0.2) is 10.2 Å². The average Bonchev–Trinajstić information content (AvgIpc) is 3.48. The van der Waals surface area contributed by atoms with Gasteiger partial charge in [0.15, 0.2) is 0 Å². The zero-order chi connectivity index (χ0) is 27.4. The maximum atomic E-state index is 4.67. The molecule has 1 fully saturated rings. The molecule has 5 aromatic rings. The zero-order valence-electron chi connectivity index (χ0n) is 23.7. The molecule has 1 spiro atoms. The topological polar surface area (TPSA) is 25.8 Å². The Kier molecular flexibility index (Phi) is 6.44. The smallest absolute Gasteiger partial charge is 0.138 e. The summed E-state index contributed by atoms with van der Waals surface area (Å²) in [6.07, 6.45) is 6.45. The van der Waals surface area contributed by atoms with Crippen molar-refractivity contribution in [3.8, 4) is 32.3 Å². The van der Waals surface area contributed by atoms with Crippen LogP contribution in [0.5, 0.6) is 0 Å². The first-order valence-corrected chi connectivity index (χ1v) is 16.0. The van der Waals surface area contributed by atoms with Crippen molar-refractivity contribution in [3.63, 3.8) is 0 Å². The van der Waals surface area contributed by atoms with Crippen LogP contribution >= 0.6 is 23.1 Å². The minimum absolute atomic E-state index is 0.137. The van der Waals surface area contributed by atoms with Crippen LogP contribution in [0.1, 0.15) is 65.5 Å². The van der Waals surface area contributed by atoms with Gasteiger partial charge in [0.25, 0.3) is 0 Å². The van der Waals surface area contributed by atoms with Gasteiger partial charge in [-0.25, -0.2) is 0 Å². The molecule has 7 rings (SSSR count). The molecular weight excluding hydrogens is 525 g/mol. The molecule has 0 saturated heterocycles. The third-order valence-corrected chi connectivity index (χ3v) is 11.5. The fraction of sp³-hybridized carbons (Fsp3) is 0.278. The van der Waals surface area contributed by atoms with E-state index in [0.29, 0.717) is 0 Å². The van der Waals surface area contributed by atoms with E-state index in [4.69, 9.17) is 0 Å². The van der Waals surface area contributed by atoms with E-state index in [1.165, 1.54) is 80.8 Å². The summed E-state index contributed by atoms with van der Waals surface area (Å²) in [6.45, 7) is 9.11. The van der Waals surface area contributed by atoms with E-state index in [9.17, 15) is 0 Å². The Bertz CT molecular complexity index is 1710. The summed E-state index contributed by atoms with van der Waals surface area (Å²) in [5, 5.41) is 11.2. The molecule has 1 aliphatic carbocycles. The van der Waals surface area contributed by atoms with Gasteiger partial charge in [-0.15, -0.1) is 10.2 Å². The Hall–Kier alpha value is -3.21. The van der Waals surface area contributed by atoms with Crippen LogP contribution in [0.3, 0.4) is 0 Å². The number of benzene rings is 4. The summed E-state index contributed by atoms with van der Waals surface area (Å²) < 4.78 is 0. The van der Waals surface area contributed by atoms with Crippen molar-refractivity contribution in [1.82, 2.24) is 10.2 Å².